The second-order valence-electron chi connectivity index (χ2n) is 3.85. The van der Waals surface area contributed by atoms with Crippen LogP contribution in [0.2, 0.25) is 0 Å². The largest absolute Gasteiger partial charge is 0.494 e. The van der Waals surface area contributed by atoms with Gasteiger partial charge in [-0.15, -0.1) is 0 Å². The zero-order chi connectivity index (χ0) is 10.1. The van der Waals surface area contributed by atoms with Crippen LogP contribution in [0.3, 0.4) is 0 Å². The average molecular weight is 191 g/mol. The lowest BCUT2D eigenvalue weighted by Gasteiger charge is -2.12. The van der Waals surface area contributed by atoms with Crippen LogP contribution in [0.15, 0.2) is 12.1 Å². The number of ether oxygens (including phenoxy) is 1. The van der Waals surface area contributed by atoms with Crippen molar-refractivity contribution < 1.29 is 4.74 Å². The van der Waals surface area contributed by atoms with Crippen LogP contribution in [0.1, 0.15) is 36.1 Å². The first kappa shape index (κ1) is 9.53. The minimum Gasteiger partial charge on any atom is -0.494 e. The van der Waals surface area contributed by atoms with E-state index in [0.29, 0.717) is 0 Å². The first-order valence-electron chi connectivity index (χ1n) is 5.24. The van der Waals surface area contributed by atoms with Crippen molar-refractivity contribution in [3.63, 3.8) is 0 Å². The van der Waals surface area contributed by atoms with Crippen molar-refractivity contribution >= 4 is 0 Å². The molecular formula is C12H17NO. The third-order valence-electron chi connectivity index (χ3n) is 2.91. The van der Waals surface area contributed by atoms with Gasteiger partial charge in [0.15, 0.2) is 0 Å². The van der Waals surface area contributed by atoms with Crippen LogP contribution in [0.25, 0.3) is 0 Å². The van der Waals surface area contributed by atoms with Crippen molar-refractivity contribution in [2.75, 3.05) is 6.61 Å². The van der Waals surface area contributed by atoms with E-state index in [1.165, 1.54) is 16.7 Å². The Morgan fingerprint density at radius 3 is 3.00 bits per heavy atom. The van der Waals surface area contributed by atoms with Gasteiger partial charge in [-0.3, -0.25) is 0 Å². The maximum absolute atomic E-state index is 6.06. The molecule has 0 aliphatic heterocycles. The fourth-order valence-corrected chi connectivity index (χ4v) is 2.27. The molecule has 1 atom stereocenters. The zero-order valence-electron chi connectivity index (χ0n) is 8.84. The Kier molecular flexibility index (Phi) is 2.46. The van der Waals surface area contributed by atoms with Gasteiger partial charge in [0.05, 0.1) is 6.61 Å². The number of rotatable bonds is 2. The van der Waals surface area contributed by atoms with E-state index in [2.05, 4.69) is 19.1 Å². The van der Waals surface area contributed by atoms with E-state index >= 15 is 0 Å². The molecule has 2 nitrogen and oxygen atoms in total. The van der Waals surface area contributed by atoms with Crippen LogP contribution in [0, 0.1) is 6.92 Å². The number of benzene rings is 1. The summed E-state index contributed by atoms with van der Waals surface area (Å²) in [4.78, 5) is 0. The molecule has 0 fully saturated rings. The number of aryl methyl sites for hydroxylation is 1. The zero-order valence-corrected chi connectivity index (χ0v) is 8.84. The molecule has 0 saturated carbocycles. The van der Waals surface area contributed by atoms with Crippen LogP contribution in [-0.4, -0.2) is 6.61 Å². The molecule has 14 heavy (non-hydrogen) atoms. The Labute approximate surface area is 85.1 Å². The molecule has 0 unspecified atom stereocenters. The molecule has 1 aliphatic carbocycles. The summed E-state index contributed by atoms with van der Waals surface area (Å²) in [7, 11) is 0. The highest BCUT2D eigenvalue weighted by atomic mass is 16.5. The number of hydrogen-bond acceptors (Lipinski definition) is 2. The summed E-state index contributed by atoms with van der Waals surface area (Å²) in [5.41, 5.74) is 10.0. The fourth-order valence-electron chi connectivity index (χ4n) is 2.27. The predicted molar refractivity (Wildman–Crippen MR) is 57.6 cm³/mol. The van der Waals surface area contributed by atoms with Crippen LogP contribution in [0.5, 0.6) is 5.75 Å². The van der Waals surface area contributed by atoms with Gasteiger partial charge in [0.1, 0.15) is 5.75 Å². The molecule has 0 amide bonds. The van der Waals surface area contributed by atoms with E-state index in [1.807, 2.05) is 6.92 Å². The predicted octanol–water partition coefficient (Wildman–Crippen LogP) is 2.34. The van der Waals surface area contributed by atoms with Crippen LogP contribution >= 0.6 is 0 Å². The molecule has 76 valence electrons. The Morgan fingerprint density at radius 1 is 1.50 bits per heavy atom. The lowest BCUT2D eigenvalue weighted by Crippen LogP contribution is -2.07. The Hall–Kier alpha value is -1.02. The van der Waals surface area contributed by atoms with Crippen molar-refractivity contribution in [1.82, 2.24) is 0 Å². The molecule has 0 spiro atoms. The quantitative estimate of drug-likeness (QED) is 0.778. The number of fused-ring (bicyclic) bond motifs is 1. The highest BCUT2D eigenvalue weighted by molar-refractivity contribution is 5.49. The van der Waals surface area contributed by atoms with E-state index in [1.54, 1.807) is 0 Å². The maximum atomic E-state index is 6.06. The molecule has 2 heteroatoms. The molecule has 2 N–H and O–H groups in total. The average Bonchev–Trinajstić information content (AvgIpc) is 2.54. The van der Waals surface area contributed by atoms with Gasteiger partial charge in [-0.25, -0.2) is 0 Å². The van der Waals surface area contributed by atoms with E-state index in [0.717, 1.165) is 25.2 Å². The second kappa shape index (κ2) is 3.62. The van der Waals surface area contributed by atoms with Gasteiger partial charge >= 0.3 is 0 Å². The van der Waals surface area contributed by atoms with Gasteiger partial charge in [0.2, 0.25) is 0 Å². The van der Waals surface area contributed by atoms with Crippen LogP contribution < -0.4 is 10.5 Å². The lowest BCUT2D eigenvalue weighted by atomic mass is 10.0. The summed E-state index contributed by atoms with van der Waals surface area (Å²) in [6.45, 7) is 4.87. The fraction of sp³-hybridized carbons (Fsp3) is 0.500. The monoisotopic (exact) mass is 191 g/mol. The van der Waals surface area contributed by atoms with E-state index < -0.39 is 0 Å². The summed E-state index contributed by atoms with van der Waals surface area (Å²) >= 11 is 0. The summed E-state index contributed by atoms with van der Waals surface area (Å²) in [5, 5.41) is 0. The third-order valence-corrected chi connectivity index (χ3v) is 2.91. The second-order valence-corrected chi connectivity index (χ2v) is 3.85. The molecule has 0 saturated heterocycles. The van der Waals surface area contributed by atoms with Gasteiger partial charge < -0.3 is 10.5 Å². The molecule has 0 radical (unpaired) electrons. The highest BCUT2D eigenvalue weighted by Crippen LogP contribution is 2.37. The van der Waals surface area contributed by atoms with Gasteiger partial charge in [-0.05, 0) is 49.4 Å². The minimum absolute atomic E-state index is 0.213. The SMILES string of the molecule is CCOc1ccc(C)c2c1CC[C@@H]2N. The molecule has 0 bridgehead atoms. The summed E-state index contributed by atoms with van der Waals surface area (Å²) in [6, 6.07) is 4.38. The Balaban J connectivity index is 2.47. The van der Waals surface area contributed by atoms with Gasteiger partial charge in [-0.2, -0.15) is 0 Å². The van der Waals surface area contributed by atoms with E-state index in [-0.39, 0.29) is 6.04 Å². The smallest absolute Gasteiger partial charge is 0.122 e. The van der Waals surface area contributed by atoms with Crippen molar-refractivity contribution in [3.8, 4) is 5.75 Å². The Bertz CT molecular complexity index is 346. The van der Waals surface area contributed by atoms with E-state index in [9.17, 15) is 0 Å². The molecule has 0 heterocycles. The highest BCUT2D eigenvalue weighted by Gasteiger charge is 2.24. The molecule has 0 aromatic heterocycles. The van der Waals surface area contributed by atoms with Gasteiger partial charge in [-0.1, -0.05) is 6.07 Å². The standard InChI is InChI=1S/C12H17NO/c1-3-14-11-7-4-8(2)12-9(11)5-6-10(12)13/h4,7,10H,3,5-6,13H2,1-2H3/t10-/m0/s1. The first-order chi connectivity index (χ1) is 6.74. The van der Waals surface area contributed by atoms with Crippen molar-refractivity contribution in [2.24, 2.45) is 5.73 Å². The van der Waals surface area contributed by atoms with Crippen molar-refractivity contribution in [3.05, 3.63) is 28.8 Å². The summed E-state index contributed by atoms with van der Waals surface area (Å²) in [6.07, 6.45) is 2.12. The topological polar surface area (TPSA) is 35.2 Å². The number of nitrogens with two attached hydrogens (primary N) is 1. The Morgan fingerprint density at radius 2 is 2.29 bits per heavy atom. The summed E-state index contributed by atoms with van der Waals surface area (Å²) < 4.78 is 5.60. The molecule has 1 aromatic rings. The van der Waals surface area contributed by atoms with Gasteiger partial charge in [0.25, 0.3) is 0 Å². The molecular weight excluding hydrogens is 174 g/mol. The van der Waals surface area contributed by atoms with Gasteiger partial charge in [0, 0.05) is 6.04 Å². The van der Waals surface area contributed by atoms with Crippen molar-refractivity contribution in [2.45, 2.75) is 32.7 Å². The maximum Gasteiger partial charge on any atom is 0.122 e. The molecule has 2 rings (SSSR count). The molecule has 1 aromatic carbocycles. The normalized spacial score (nSPS) is 19.5. The third kappa shape index (κ3) is 1.40. The van der Waals surface area contributed by atoms with E-state index in [4.69, 9.17) is 10.5 Å². The van der Waals surface area contributed by atoms with Crippen LogP contribution in [-0.2, 0) is 6.42 Å². The minimum atomic E-state index is 0.213. The molecule has 1 aliphatic rings. The van der Waals surface area contributed by atoms with Crippen molar-refractivity contribution in [1.29, 1.82) is 0 Å². The first-order valence-corrected chi connectivity index (χ1v) is 5.24. The number of hydrogen-bond donors (Lipinski definition) is 1. The summed E-state index contributed by atoms with van der Waals surface area (Å²) in [5.74, 6) is 1.03. The van der Waals surface area contributed by atoms with Crippen LogP contribution in [0.4, 0.5) is 0 Å². The lowest BCUT2D eigenvalue weighted by molar-refractivity contribution is 0.337.